The summed E-state index contributed by atoms with van der Waals surface area (Å²) in [6.07, 6.45) is 0. The lowest BCUT2D eigenvalue weighted by atomic mass is 9.97. The zero-order valence-corrected chi connectivity index (χ0v) is 18.3. The molecule has 1 heterocycles. The van der Waals surface area contributed by atoms with Crippen molar-refractivity contribution in [2.24, 2.45) is 0 Å². The van der Waals surface area contributed by atoms with Crippen LogP contribution in [-0.2, 0) is 9.59 Å². The fraction of sp³-hybridized carbons (Fsp3) is 0.120. The third-order valence-corrected chi connectivity index (χ3v) is 5.58. The van der Waals surface area contributed by atoms with E-state index in [1.54, 1.807) is 24.3 Å². The van der Waals surface area contributed by atoms with Gasteiger partial charge in [-0.15, -0.1) is 0 Å². The van der Waals surface area contributed by atoms with Crippen LogP contribution in [0.15, 0.2) is 60.3 Å². The van der Waals surface area contributed by atoms with E-state index in [2.05, 4.69) is 5.32 Å². The van der Waals surface area contributed by atoms with Crippen molar-refractivity contribution in [1.82, 2.24) is 0 Å². The van der Waals surface area contributed by atoms with Crippen LogP contribution in [0, 0.1) is 32.4 Å². The molecule has 1 aliphatic heterocycles. The Hall–Kier alpha value is -3.51. The van der Waals surface area contributed by atoms with Crippen molar-refractivity contribution in [2.45, 2.75) is 20.8 Å². The van der Waals surface area contributed by atoms with Gasteiger partial charge in [-0.25, -0.2) is 13.7 Å². The second-order valence-electron chi connectivity index (χ2n) is 7.69. The van der Waals surface area contributed by atoms with Gasteiger partial charge in [-0.3, -0.25) is 9.59 Å². The minimum atomic E-state index is -0.881. The quantitative estimate of drug-likeness (QED) is 0.498. The SMILES string of the molecule is Cc1ccc(C2=C(Nc3cc(Cl)ccc3C)C(=O)N(c3cc(F)ccc3F)C2=O)c(C)c1. The van der Waals surface area contributed by atoms with E-state index >= 15 is 0 Å². The first-order valence-electron chi connectivity index (χ1n) is 9.86. The Kier molecular flexibility index (Phi) is 5.57. The molecule has 3 aromatic rings. The fourth-order valence-corrected chi connectivity index (χ4v) is 3.90. The van der Waals surface area contributed by atoms with Gasteiger partial charge in [-0.2, -0.15) is 0 Å². The summed E-state index contributed by atoms with van der Waals surface area (Å²) in [6.45, 7) is 5.55. The molecule has 0 saturated carbocycles. The fourth-order valence-electron chi connectivity index (χ4n) is 3.73. The first-order chi connectivity index (χ1) is 15.2. The molecule has 0 unspecified atom stereocenters. The predicted octanol–water partition coefficient (Wildman–Crippen LogP) is 5.94. The van der Waals surface area contributed by atoms with Gasteiger partial charge in [0.1, 0.15) is 17.3 Å². The molecule has 0 radical (unpaired) electrons. The summed E-state index contributed by atoms with van der Waals surface area (Å²) in [7, 11) is 0. The maximum absolute atomic E-state index is 14.5. The van der Waals surface area contributed by atoms with Crippen molar-refractivity contribution in [1.29, 1.82) is 0 Å². The van der Waals surface area contributed by atoms with Crippen molar-refractivity contribution < 1.29 is 18.4 Å². The van der Waals surface area contributed by atoms with Crippen LogP contribution >= 0.6 is 11.6 Å². The lowest BCUT2D eigenvalue weighted by Gasteiger charge is -2.16. The van der Waals surface area contributed by atoms with Gasteiger partial charge in [0.15, 0.2) is 0 Å². The zero-order valence-electron chi connectivity index (χ0n) is 17.6. The topological polar surface area (TPSA) is 49.4 Å². The Balaban J connectivity index is 1.91. The summed E-state index contributed by atoms with van der Waals surface area (Å²) >= 11 is 6.12. The third kappa shape index (κ3) is 3.78. The third-order valence-electron chi connectivity index (χ3n) is 5.34. The average Bonchev–Trinajstić information content (AvgIpc) is 2.96. The minimum absolute atomic E-state index is 0.0315. The van der Waals surface area contributed by atoms with E-state index in [-0.39, 0.29) is 11.3 Å². The molecule has 1 aliphatic rings. The molecule has 4 rings (SSSR count). The highest BCUT2D eigenvalue weighted by Crippen LogP contribution is 2.37. The number of amides is 2. The first-order valence-corrected chi connectivity index (χ1v) is 10.2. The molecule has 0 aliphatic carbocycles. The zero-order chi connectivity index (χ0) is 23.2. The normalized spacial score (nSPS) is 13.9. The minimum Gasteiger partial charge on any atom is -0.350 e. The predicted molar refractivity (Wildman–Crippen MR) is 121 cm³/mol. The maximum Gasteiger partial charge on any atom is 0.282 e. The number of rotatable bonds is 4. The van der Waals surface area contributed by atoms with Gasteiger partial charge in [0.05, 0.1) is 11.3 Å². The summed E-state index contributed by atoms with van der Waals surface area (Å²) in [5.74, 6) is -3.17. The Morgan fingerprint density at radius 3 is 2.31 bits per heavy atom. The van der Waals surface area contributed by atoms with E-state index in [1.165, 1.54) is 0 Å². The number of nitrogens with one attached hydrogen (secondary N) is 1. The monoisotopic (exact) mass is 452 g/mol. The number of imide groups is 1. The van der Waals surface area contributed by atoms with Crippen LogP contribution in [0.25, 0.3) is 5.57 Å². The molecule has 162 valence electrons. The summed E-state index contributed by atoms with van der Waals surface area (Å²) in [5.41, 5.74) is 3.19. The van der Waals surface area contributed by atoms with Crippen LogP contribution in [0.5, 0.6) is 0 Å². The number of carbonyl (C=O) groups is 2. The van der Waals surface area contributed by atoms with Gasteiger partial charge in [0.25, 0.3) is 11.8 Å². The summed E-state index contributed by atoms with van der Waals surface area (Å²) < 4.78 is 28.4. The molecule has 7 heteroatoms. The van der Waals surface area contributed by atoms with E-state index in [0.717, 1.165) is 34.9 Å². The van der Waals surface area contributed by atoms with Crippen LogP contribution in [0.2, 0.25) is 5.02 Å². The lowest BCUT2D eigenvalue weighted by Crippen LogP contribution is -2.33. The summed E-state index contributed by atoms with van der Waals surface area (Å²) in [4.78, 5) is 27.5. The Labute approximate surface area is 189 Å². The second-order valence-corrected chi connectivity index (χ2v) is 8.13. The van der Waals surface area contributed by atoms with Gasteiger partial charge in [0, 0.05) is 16.8 Å². The lowest BCUT2D eigenvalue weighted by molar-refractivity contribution is -0.120. The number of carbonyl (C=O) groups excluding carboxylic acids is 2. The molecule has 0 fully saturated rings. The van der Waals surface area contributed by atoms with E-state index in [4.69, 9.17) is 11.6 Å². The highest BCUT2D eigenvalue weighted by molar-refractivity contribution is 6.46. The standard InChI is InChI=1S/C25H19ClF2N2O2/c1-13-4-8-18(15(3)10-13)22-23(29-20-11-16(26)6-5-14(20)2)25(32)30(24(22)31)21-12-17(27)7-9-19(21)28/h4-12,29H,1-3H3. The number of hydrogen-bond acceptors (Lipinski definition) is 3. The molecule has 0 bridgehead atoms. The van der Waals surface area contributed by atoms with Crippen LogP contribution in [0.3, 0.4) is 0 Å². The number of anilines is 2. The number of aryl methyl sites for hydroxylation is 3. The van der Waals surface area contributed by atoms with E-state index in [9.17, 15) is 18.4 Å². The van der Waals surface area contributed by atoms with Crippen LogP contribution in [-0.4, -0.2) is 11.8 Å². The smallest absolute Gasteiger partial charge is 0.282 e. The largest absolute Gasteiger partial charge is 0.350 e. The van der Waals surface area contributed by atoms with Gasteiger partial charge in [-0.1, -0.05) is 41.4 Å². The van der Waals surface area contributed by atoms with Crippen LogP contribution < -0.4 is 10.2 Å². The number of halogens is 3. The average molecular weight is 453 g/mol. The maximum atomic E-state index is 14.5. The number of benzene rings is 3. The number of hydrogen-bond donors (Lipinski definition) is 1. The van der Waals surface area contributed by atoms with E-state index in [0.29, 0.717) is 21.2 Å². The highest BCUT2D eigenvalue weighted by atomic mass is 35.5. The molecule has 0 saturated heterocycles. The molecule has 32 heavy (non-hydrogen) atoms. The Morgan fingerprint density at radius 2 is 1.59 bits per heavy atom. The van der Waals surface area contributed by atoms with Crippen molar-refractivity contribution in [3.05, 3.63) is 99.2 Å². The molecular formula is C25H19ClF2N2O2. The second kappa shape index (κ2) is 8.20. The van der Waals surface area contributed by atoms with Gasteiger partial charge < -0.3 is 5.32 Å². The molecule has 0 atom stereocenters. The molecule has 1 N–H and O–H groups in total. The van der Waals surface area contributed by atoms with E-state index in [1.807, 2.05) is 32.9 Å². The molecule has 4 nitrogen and oxygen atoms in total. The van der Waals surface area contributed by atoms with Gasteiger partial charge >= 0.3 is 0 Å². The molecule has 0 aromatic heterocycles. The summed E-state index contributed by atoms with van der Waals surface area (Å²) in [5, 5.41) is 3.46. The molecule has 2 amide bonds. The first kappa shape index (κ1) is 21.7. The van der Waals surface area contributed by atoms with Crippen LogP contribution in [0.4, 0.5) is 20.2 Å². The highest BCUT2D eigenvalue weighted by Gasteiger charge is 2.42. The Bertz CT molecular complexity index is 1320. The van der Waals surface area contributed by atoms with Crippen molar-refractivity contribution in [2.75, 3.05) is 10.2 Å². The molecule has 3 aromatic carbocycles. The van der Waals surface area contributed by atoms with Crippen molar-refractivity contribution >= 4 is 40.4 Å². The number of nitrogens with zero attached hydrogens (tertiary/aromatic N) is 1. The summed E-state index contributed by atoms with van der Waals surface area (Å²) in [6, 6.07) is 13.2. The van der Waals surface area contributed by atoms with Gasteiger partial charge in [-0.05, 0) is 61.7 Å². The molecular weight excluding hydrogens is 434 g/mol. The van der Waals surface area contributed by atoms with Gasteiger partial charge in [0.2, 0.25) is 0 Å². The van der Waals surface area contributed by atoms with Crippen molar-refractivity contribution in [3.8, 4) is 0 Å². The van der Waals surface area contributed by atoms with Crippen LogP contribution in [0.1, 0.15) is 22.3 Å². The molecule has 0 spiro atoms. The Morgan fingerprint density at radius 1 is 0.844 bits per heavy atom. The van der Waals surface area contributed by atoms with Crippen molar-refractivity contribution in [3.63, 3.8) is 0 Å². The van der Waals surface area contributed by atoms with E-state index < -0.39 is 29.1 Å².